The first-order chi connectivity index (χ1) is 8.50. The molecule has 0 aliphatic carbocycles. The molecule has 0 amide bonds. The summed E-state index contributed by atoms with van der Waals surface area (Å²) in [4.78, 5) is 19.5. The van der Waals surface area contributed by atoms with Crippen molar-refractivity contribution in [3.8, 4) is 0 Å². The van der Waals surface area contributed by atoms with E-state index in [0.717, 1.165) is 0 Å². The SMILES string of the molecule is CC(=O)C(C=Nc1ccncc1)=C(O)CC(C)C. The molecule has 0 spiro atoms. The van der Waals surface area contributed by atoms with Crippen molar-refractivity contribution < 1.29 is 9.90 Å². The highest BCUT2D eigenvalue weighted by Crippen LogP contribution is 2.14. The van der Waals surface area contributed by atoms with Crippen LogP contribution in [0.1, 0.15) is 27.2 Å². The highest BCUT2D eigenvalue weighted by molar-refractivity contribution is 6.13. The maximum atomic E-state index is 11.5. The molecule has 0 aliphatic rings. The largest absolute Gasteiger partial charge is 0.511 e. The van der Waals surface area contributed by atoms with E-state index in [1.807, 2.05) is 13.8 Å². The second kappa shape index (κ2) is 6.69. The highest BCUT2D eigenvalue weighted by Gasteiger charge is 2.10. The third kappa shape index (κ3) is 4.49. The number of carbonyl (C=O) groups is 1. The first kappa shape index (κ1) is 14.1. The number of hydrogen-bond acceptors (Lipinski definition) is 4. The standard InChI is InChI=1S/C14H18N2O2/c1-10(2)8-14(18)13(11(3)17)9-16-12-4-6-15-7-5-12/h4-7,9-10,18H,8H2,1-3H3. The lowest BCUT2D eigenvalue weighted by Gasteiger charge is -2.06. The van der Waals surface area contributed by atoms with Crippen LogP contribution in [0.15, 0.2) is 40.9 Å². The Morgan fingerprint density at radius 3 is 2.56 bits per heavy atom. The number of allylic oxidation sites excluding steroid dienone is 2. The van der Waals surface area contributed by atoms with Crippen LogP contribution >= 0.6 is 0 Å². The van der Waals surface area contributed by atoms with Crippen LogP contribution < -0.4 is 0 Å². The quantitative estimate of drug-likeness (QED) is 0.493. The summed E-state index contributed by atoms with van der Waals surface area (Å²) < 4.78 is 0. The maximum absolute atomic E-state index is 11.5. The van der Waals surface area contributed by atoms with Crippen LogP contribution in [0.4, 0.5) is 5.69 Å². The van der Waals surface area contributed by atoms with Crippen LogP contribution in [-0.4, -0.2) is 22.1 Å². The van der Waals surface area contributed by atoms with Crippen LogP contribution in [0.5, 0.6) is 0 Å². The molecule has 0 radical (unpaired) electrons. The van der Waals surface area contributed by atoms with Gasteiger partial charge in [0.15, 0.2) is 5.78 Å². The minimum Gasteiger partial charge on any atom is -0.511 e. The number of nitrogens with zero attached hydrogens (tertiary/aromatic N) is 2. The minimum absolute atomic E-state index is 0.0929. The van der Waals surface area contributed by atoms with E-state index in [1.54, 1.807) is 24.5 Å². The van der Waals surface area contributed by atoms with Gasteiger partial charge < -0.3 is 5.11 Å². The molecule has 0 saturated heterocycles. The first-order valence-electron chi connectivity index (χ1n) is 5.88. The fourth-order valence-electron chi connectivity index (χ4n) is 1.43. The van der Waals surface area contributed by atoms with Gasteiger partial charge in [-0.15, -0.1) is 0 Å². The number of ketones is 1. The summed E-state index contributed by atoms with van der Waals surface area (Å²) in [6, 6.07) is 3.46. The summed E-state index contributed by atoms with van der Waals surface area (Å²) >= 11 is 0. The molecule has 4 heteroatoms. The molecule has 1 aromatic rings. The molecule has 0 unspecified atom stereocenters. The minimum atomic E-state index is -0.189. The zero-order valence-corrected chi connectivity index (χ0v) is 10.9. The highest BCUT2D eigenvalue weighted by atomic mass is 16.3. The monoisotopic (exact) mass is 246 g/mol. The molecule has 0 aliphatic heterocycles. The second-order valence-electron chi connectivity index (χ2n) is 4.48. The average Bonchev–Trinajstić information content (AvgIpc) is 2.29. The van der Waals surface area contributed by atoms with Gasteiger partial charge in [-0.1, -0.05) is 13.8 Å². The summed E-state index contributed by atoms with van der Waals surface area (Å²) in [6.45, 7) is 5.38. The van der Waals surface area contributed by atoms with Gasteiger partial charge in [0.25, 0.3) is 0 Å². The molecule has 4 nitrogen and oxygen atoms in total. The maximum Gasteiger partial charge on any atom is 0.164 e. The summed E-state index contributed by atoms with van der Waals surface area (Å²) in [5, 5.41) is 9.88. The summed E-state index contributed by atoms with van der Waals surface area (Å²) in [5.74, 6) is 0.190. The predicted molar refractivity (Wildman–Crippen MR) is 72.2 cm³/mol. The summed E-state index contributed by atoms with van der Waals surface area (Å²) in [6.07, 6.45) is 5.13. The van der Waals surface area contributed by atoms with Gasteiger partial charge >= 0.3 is 0 Å². The van der Waals surface area contributed by atoms with Crippen molar-refractivity contribution in [3.05, 3.63) is 35.9 Å². The normalized spacial score (nSPS) is 12.9. The Hall–Kier alpha value is -1.97. The Morgan fingerprint density at radius 1 is 1.44 bits per heavy atom. The van der Waals surface area contributed by atoms with E-state index < -0.39 is 0 Å². The van der Waals surface area contributed by atoms with Crippen LogP contribution in [0.25, 0.3) is 0 Å². The molecular formula is C14H18N2O2. The van der Waals surface area contributed by atoms with Crippen molar-refractivity contribution >= 4 is 17.7 Å². The lowest BCUT2D eigenvalue weighted by Crippen LogP contribution is -2.05. The molecule has 18 heavy (non-hydrogen) atoms. The Labute approximate surface area is 107 Å². The zero-order chi connectivity index (χ0) is 13.5. The van der Waals surface area contributed by atoms with Gasteiger partial charge in [0.2, 0.25) is 0 Å². The Balaban J connectivity index is 2.94. The molecule has 0 fully saturated rings. The van der Waals surface area contributed by atoms with Gasteiger partial charge in [-0.3, -0.25) is 14.8 Å². The lowest BCUT2D eigenvalue weighted by molar-refractivity contribution is -0.113. The number of aliphatic hydroxyl groups is 1. The van der Waals surface area contributed by atoms with E-state index in [-0.39, 0.29) is 23.0 Å². The van der Waals surface area contributed by atoms with Crippen molar-refractivity contribution in [1.29, 1.82) is 0 Å². The van der Waals surface area contributed by atoms with E-state index in [2.05, 4.69) is 9.98 Å². The molecule has 0 bridgehead atoms. The van der Waals surface area contributed by atoms with E-state index in [0.29, 0.717) is 12.1 Å². The molecular weight excluding hydrogens is 228 g/mol. The number of pyridine rings is 1. The van der Waals surface area contributed by atoms with E-state index >= 15 is 0 Å². The molecule has 0 atom stereocenters. The van der Waals surface area contributed by atoms with Crippen LogP contribution in [0, 0.1) is 5.92 Å². The van der Waals surface area contributed by atoms with Gasteiger partial charge in [0.1, 0.15) is 5.76 Å². The van der Waals surface area contributed by atoms with E-state index in [4.69, 9.17) is 0 Å². The second-order valence-corrected chi connectivity index (χ2v) is 4.48. The van der Waals surface area contributed by atoms with Crippen molar-refractivity contribution in [2.75, 3.05) is 0 Å². The zero-order valence-electron chi connectivity index (χ0n) is 10.9. The molecule has 1 aromatic heterocycles. The predicted octanol–water partition coefficient (Wildman–Crippen LogP) is 3.23. The molecule has 96 valence electrons. The van der Waals surface area contributed by atoms with Crippen LogP contribution in [0.3, 0.4) is 0 Å². The Bertz CT molecular complexity index is 462. The van der Waals surface area contributed by atoms with Crippen molar-refractivity contribution in [3.63, 3.8) is 0 Å². The first-order valence-corrected chi connectivity index (χ1v) is 5.88. The number of carbonyl (C=O) groups excluding carboxylic acids is 1. The Morgan fingerprint density at radius 2 is 2.06 bits per heavy atom. The molecule has 0 saturated carbocycles. The van der Waals surface area contributed by atoms with Gasteiger partial charge in [0, 0.05) is 25.0 Å². The van der Waals surface area contributed by atoms with Crippen molar-refractivity contribution in [2.45, 2.75) is 27.2 Å². The third-order valence-corrected chi connectivity index (χ3v) is 2.30. The number of aromatic nitrogens is 1. The molecule has 1 rings (SSSR count). The van der Waals surface area contributed by atoms with Crippen molar-refractivity contribution in [2.24, 2.45) is 10.9 Å². The lowest BCUT2D eigenvalue weighted by atomic mass is 10.0. The summed E-state index contributed by atoms with van der Waals surface area (Å²) in [5.41, 5.74) is 0.960. The Kier molecular flexibility index (Phi) is 5.24. The third-order valence-electron chi connectivity index (χ3n) is 2.30. The molecule has 0 aromatic carbocycles. The molecule has 1 N–H and O–H groups in total. The number of hydrogen-bond donors (Lipinski definition) is 1. The number of aliphatic hydroxyl groups excluding tert-OH is 1. The van der Waals surface area contributed by atoms with Gasteiger partial charge in [-0.2, -0.15) is 0 Å². The van der Waals surface area contributed by atoms with Crippen LogP contribution in [0.2, 0.25) is 0 Å². The fraction of sp³-hybridized carbons (Fsp3) is 0.357. The number of Topliss-reactive ketones (excluding diaryl/α,β-unsaturated/α-hetero) is 1. The van der Waals surface area contributed by atoms with E-state index in [9.17, 15) is 9.90 Å². The number of rotatable bonds is 5. The smallest absolute Gasteiger partial charge is 0.164 e. The molecule has 1 heterocycles. The van der Waals surface area contributed by atoms with E-state index in [1.165, 1.54) is 13.1 Å². The fourth-order valence-corrected chi connectivity index (χ4v) is 1.43. The van der Waals surface area contributed by atoms with Gasteiger partial charge in [-0.05, 0) is 25.0 Å². The van der Waals surface area contributed by atoms with Crippen LogP contribution in [-0.2, 0) is 4.79 Å². The van der Waals surface area contributed by atoms with Gasteiger partial charge in [-0.25, -0.2) is 0 Å². The van der Waals surface area contributed by atoms with Gasteiger partial charge in [0.05, 0.1) is 11.3 Å². The average molecular weight is 246 g/mol. The summed E-state index contributed by atoms with van der Waals surface area (Å²) in [7, 11) is 0. The number of aliphatic imine (C=N–C) groups is 1. The topological polar surface area (TPSA) is 62.5 Å². The van der Waals surface area contributed by atoms with Crippen molar-refractivity contribution in [1.82, 2.24) is 4.98 Å².